The molecule has 7 rings (SSSR count). The second-order valence-corrected chi connectivity index (χ2v) is 12.6. The van der Waals surface area contributed by atoms with Crippen LogP contribution in [0.3, 0.4) is 0 Å². The molecule has 192 valence electrons. The first kappa shape index (κ1) is 25.2. The third-order valence-corrected chi connectivity index (χ3v) is 10.9. The maximum atomic E-state index is 13.9. The minimum Gasteiger partial charge on any atom is -0.456 e. The molecule has 3 aromatic carbocycles. The Kier molecular flexibility index (Phi) is 5.78. The molecular weight excluding hydrogens is 614 g/mol. The molecule has 1 saturated heterocycles. The Bertz CT molecular complexity index is 1440. The van der Waals surface area contributed by atoms with Crippen molar-refractivity contribution in [2.24, 2.45) is 11.8 Å². The number of nitrogens with zero attached hydrogens (tertiary/aromatic N) is 1. The van der Waals surface area contributed by atoms with Crippen molar-refractivity contribution in [3.63, 3.8) is 0 Å². The van der Waals surface area contributed by atoms with E-state index in [1.165, 1.54) is 0 Å². The van der Waals surface area contributed by atoms with Crippen LogP contribution in [-0.2, 0) is 27.8 Å². The summed E-state index contributed by atoms with van der Waals surface area (Å²) < 4.78 is 3.37. The minimum atomic E-state index is -0.926. The number of esters is 1. The molecule has 0 spiro atoms. The van der Waals surface area contributed by atoms with Crippen LogP contribution in [-0.4, -0.2) is 41.6 Å². The molecule has 0 aromatic heterocycles. The topological polar surface area (TPSA) is 80.8 Å². The summed E-state index contributed by atoms with van der Waals surface area (Å²) in [5, 5.41) is 0. The molecule has 38 heavy (non-hydrogen) atoms. The standard InChI is InChI=1S/C30H23Br2NO5/c1-16-11-12-18(13-17(16)2)23(34)15-38-24(35)14-33-27(36)25-26(28(33)37)30(32)20-8-4-3-7-19(20)29(25,31)21-9-5-6-10-22(21)30/h3-13,25-26H,14-15H2,1-2H3/t25-,26-,29?,30?/m0/s1. The summed E-state index contributed by atoms with van der Waals surface area (Å²) >= 11 is 7.86. The van der Waals surface area contributed by atoms with E-state index in [9.17, 15) is 19.2 Å². The molecule has 0 radical (unpaired) electrons. The number of hydrogen-bond acceptors (Lipinski definition) is 5. The molecule has 0 saturated carbocycles. The summed E-state index contributed by atoms with van der Waals surface area (Å²) in [6.45, 7) is 2.83. The van der Waals surface area contributed by atoms with Gasteiger partial charge in [0.15, 0.2) is 12.4 Å². The molecular formula is C30H23Br2NO5. The van der Waals surface area contributed by atoms with Crippen molar-refractivity contribution in [3.8, 4) is 0 Å². The number of ketones is 1. The van der Waals surface area contributed by atoms with Crippen molar-refractivity contribution in [2.45, 2.75) is 22.5 Å². The molecule has 2 atom stereocenters. The Morgan fingerprint density at radius 3 is 1.71 bits per heavy atom. The second kappa shape index (κ2) is 8.71. The fraction of sp³-hybridized carbons (Fsp3) is 0.267. The summed E-state index contributed by atoms with van der Waals surface area (Å²) in [4.78, 5) is 54.1. The van der Waals surface area contributed by atoms with Crippen LogP contribution in [0.2, 0.25) is 0 Å². The van der Waals surface area contributed by atoms with E-state index in [0.29, 0.717) is 5.56 Å². The average Bonchev–Trinajstić information content (AvgIpc) is 3.18. The van der Waals surface area contributed by atoms with Crippen LogP contribution in [0, 0.1) is 25.7 Å². The summed E-state index contributed by atoms with van der Waals surface area (Å²) in [5.74, 6) is -3.56. The lowest BCUT2D eigenvalue weighted by molar-refractivity contribution is -0.152. The van der Waals surface area contributed by atoms with E-state index in [0.717, 1.165) is 38.3 Å². The van der Waals surface area contributed by atoms with E-state index < -0.39 is 51.4 Å². The molecule has 0 N–H and O–H groups in total. The van der Waals surface area contributed by atoms with Crippen LogP contribution in [0.25, 0.3) is 0 Å². The van der Waals surface area contributed by atoms with Crippen molar-refractivity contribution in [3.05, 3.63) is 106 Å². The van der Waals surface area contributed by atoms with E-state index in [-0.39, 0.29) is 5.78 Å². The number of carbonyl (C=O) groups excluding carboxylic acids is 4. The van der Waals surface area contributed by atoms with Crippen LogP contribution < -0.4 is 0 Å². The highest BCUT2D eigenvalue weighted by molar-refractivity contribution is 9.10. The summed E-state index contributed by atoms with van der Waals surface area (Å²) in [6, 6.07) is 20.8. The lowest BCUT2D eigenvalue weighted by Crippen LogP contribution is -2.56. The Morgan fingerprint density at radius 2 is 1.26 bits per heavy atom. The van der Waals surface area contributed by atoms with Gasteiger partial charge in [-0.1, -0.05) is 92.5 Å². The van der Waals surface area contributed by atoms with Crippen LogP contribution in [0.4, 0.5) is 0 Å². The van der Waals surface area contributed by atoms with Crippen molar-refractivity contribution in [1.82, 2.24) is 4.90 Å². The number of alkyl halides is 2. The number of rotatable bonds is 5. The normalized spacial score (nSPS) is 26.6. The molecule has 2 amide bonds. The van der Waals surface area contributed by atoms with Crippen LogP contribution in [0.15, 0.2) is 66.7 Å². The molecule has 2 bridgehead atoms. The Labute approximate surface area is 236 Å². The molecule has 1 fully saturated rings. The van der Waals surface area contributed by atoms with Crippen molar-refractivity contribution < 1.29 is 23.9 Å². The van der Waals surface area contributed by atoms with Crippen LogP contribution in [0.5, 0.6) is 0 Å². The number of benzene rings is 3. The van der Waals surface area contributed by atoms with Crippen molar-refractivity contribution >= 4 is 55.4 Å². The zero-order valence-electron chi connectivity index (χ0n) is 20.7. The van der Waals surface area contributed by atoms with Gasteiger partial charge in [-0.2, -0.15) is 0 Å². The van der Waals surface area contributed by atoms with Crippen molar-refractivity contribution in [2.75, 3.05) is 13.2 Å². The van der Waals surface area contributed by atoms with Gasteiger partial charge in [0.2, 0.25) is 11.8 Å². The predicted octanol–water partition coefficient (Wildman–Crippen LogP) is 4.93. The summed E-state index contributed by atoms with van der Waals surface area (Å²) in [7, 11) is 0. The first-order valence-electron chi connectivity index (χ1n) is 12.3. The molecule has 4 aliphatic rings. The van der Waals surface area contributed by atoms with E-state index in [1.54, 1.807) is 12.1 Å². The van der Waals surface area contributed by atoms with Gasteiger partial charge < -0.3 is 4.74 Å². The quantitative estimate of drug-likeness (QED) is 0.172. The maximum absolute atomic E-state index is 13.9. The monoisotopic (exact) mass is 635 g/mol. The fourth-order valence-electron chi connectivity index (χ4n) is 6.20. The van der Waals surface area contributed by atoms with Gasteiger partial charge in [0.25, 0.3) is 0 Å². The number of hydrogen-bond donors (Lipinski definition) is 0. The minimum absolute atomic E-state index is 0.350. The van der Waals surface area contributed by atoms with Gasteiger partial charge >= 0.3 is 5.97 Å². The van der Waals surface area contributed by atoms with E-state index in [4.69, 9.17) is 4.74 Å². The highest BCUT2D eigenvalue weighted by Crippen LogP contribution is 2.70. The lowest BCUT2D eigenvalue weighted by Gasteiger charge is -2.55. The Balaban J connectivity index is 1.28. The average molecular weight is 637 g/mol. The Morgan fingerprint density at radius 1 is 0.789 bits per heavy atom. The van der Waals surface area contributed by atoms with Gasteiger partial charge in [-0.25, -0.2) is 0 Å². The number of likely N-dealkylation sites (tertiary alicyclic amines) is 1. The highest BCUT2D eigenvalue weighted by atomic mass is 79.9. The van der Waals surface area contributed by atoms with Crippen LogP contribution >= 0.6 is 31.9 Å². The van der Waals surface area contributed by atoms with Crippen molar-refractivity contribution in [1.29, 1.82) is 0 Å². The van der Waals surface area contributed by atoms with Gasteiger partial charge in [-0.3, -0.25) is 24.1 Å². The second-order valence-electron chi connectivity index (χ2n) is 10.1. The Hall–Kier alpha value is -3.10. The van der Waals surface area contributed by atoms with Gasteiger partial charge in [-0.05, 0) is 53.3 Å². The molecule has 1 heterocycles. The SMILES string of the molecule is Cc1ccc(C(=O)COC(=O)CN2C(=O)[C@@H]3[C@@H](C2=O)C2(Br)c4ccccc4C3(Br)c3ccccc32)cc1C. The first-order chi connectivity index (χ1) is 18.1. The third kappa shape index (κ3) is 3.29. The van der Waals surface area contributed by atoms with Gasteiger partial charge in [0.1, 0.15) is 6.54 Å². The molecule has 6 nitrogen and oxygen atoms in total. The van der Waals surface area contributed by atoms with E-state index in [1.807, 2.05) is 68.4 Å². The van der Waals surface area contributed by atoms with E-state index >= 15 is 0 Å². The molecule has 3 aromatic rings. The number of aryl methyl sites for hydroxylation is 2. The van der Waals surface area contributed by atoms with Gasteiger partial charge in [-0.15, -0.1) is 0 Å². The molecule has 8 heteroatoms. The zero-order valence-corrected chi connectivity index (χ0v) is 23.8. The molecule has 1 aliphatic heterocycles. The number of carbonyl (C=O) groups is 4. The largest absolute Gasteiger partial charge is 0.456 e. The lowest BCUT2D eigenvalue weighted by atomic mass is 9.54. The van der Waals surface area contributed by atoms with Gasteiger partial charge in [0, 0.05) is 5.56 Å². The number of Topliss-reactive ketones (excluding diaryl/α,β-unsaturated/α-hetero) is 1. The molecule has 3 aliphatic carbocycles. The summed E-state index contributed by atoms with van der Waals surface area (Å²) in [6.07, 6.45) is 0. The zero-order chi connectivity index (χ0) is 27.0. The smallest absolute Gasteiger partial charge is 0.326 e. The summed E-state index contributed by atoms with van der Waals surface area (Å²) in [5.41, 5.74) is 6.13. The predicted molar refractivity (Wildman–Crippen MR) is 147 cm³/mol. The van der Waals surface area contributed by atoms with E-state index in [2.05, 4.69) is 31.9 Å². The highest BCUT2D eigenvalue weighted by Gasteiger charge is 2.72. The fourth-order valence-corrected chi connectivity index (χ4v) is 8.50. The molecule has 0 unspecified atom stereocenters. The number of ether oxygens (including phenoxy) is 1. The number of amides is 2. The number of halogens is 2. The van der Waals surface area contributed by atoms with Crippen LogP contribution in [0.1, 0.15) is 43.7 Å². The third-order valence-electron chi connectivity index (χ3n) is 8.16. The van der Waals surface area contributed by atoms with Gasteiger partial charge in [0.05, 0.1) is 20.5 Å². The maximum Gasteiger partial charge on any atom is 0.326 e. The number of imide groups is 1. The first-order valence-corrected chi connectivity index (χ1v) is 13.9.